The Morgan fingerprint density at radius 2 is 2.33 bits per heavy atom. The van der Waals surface area contributed by atoms with Gasteiger partial charge in [-0.25, -0.2) is 4.98 Å². The van der Waals surface area contributed by atoms with Crippen LogP contribution in [0.1, 0.15) is 47.3 Å². The lowest BCUT2D eigenvalue weighted by atomic mass is 10.0. The van der Waals surface area contributed by atoms with E-state index in [2.05, 4.69) is 15.5 Å². The number of nitrogens with zero attached hydrogens (tertiary/aromatic N) is 3. The third kappa shape index (κ3) is 2.56. The normalized spacial score (nSPS) is 11.4. The minimum atomic E-state index is -0.172. The van der Waals surface area contributed by atoms with Gasteiger partial charge in [-0.2, -0.15) is 0 Å². The maximum Gasteiger partial charge on any atom is 0.257 e. The second-order valence-corrected chi connectivity index (χ2v) is 6.04. The number of fused-ring (bicyclic) bond motifs is 1. The molecular formula is C14H16N4O2S. The molecule has 1 N–H and O–H groups in total. The topological polar surface area (TPSA) is 72.4 Å². The SMILES string of the molecule is Cc1noc(C(C)C)c1C(=O)NCc1cn2ccsc2n1. The standard InChI is InChI=1S/C14H16N4O2S/c1-8(2)12-11(9(3)17-20-12)13(19)15-6-10-7-18-4-5-21-14(18)16-10/h4-5,7-8H,6H2,1-3H3,(H,15,19). The van der Waals surface area contributed by atoms with E-state index in [-0.39, 0.29) is 11.8 Å². The van der Waals surface area contributed by atoms with E-state index < -0.39 is 0 Å². The van der Waals surface area contributed by atoms with Gasteiger partial charge >= 0.3 is 0 Å². The molecule has 0 fully saturated rings. The van der Waals surface area contributed by atoms with Crippen LogP contribution >= 0.6 is 11.3 Å². The first-order chi connectivity index (χ1) is 10.1. The maximum atomic E-state index is 12.3. The van der Waals surface area contributed by atoms with Gasteiger partial charge in [0.2, 0.25) is 0 Å². The lowest BCUT2D eigenvalue weighted by molar-refractivity contribution is 0.0947. The van der Waals surface area contributed by atoms with Crippen molar-refractivity contribution in [1.29, 1.82) is 0 Å². The molecule has 1 amide bonds. The van der Waals surface area contributed by atoms with Crippen LogP contribution in [0.4, 0.5) is 0 Å². The molecule has 0 aliphatic rings. The van der Waals surface area contributed by atoms with E-state index in [1.165, 1.54) is 0 Å². The lowest BCUT2D eigenvalue weighted by Gasteiger charge is -2.05. The number of amides is 1. The van der Waals surface area contributed by atoms with Gasteiger partial charge in [-0.05, 0) is 6.92 Å². The average Bonchev–Trinajstić information content (AvgIpc) is 3.09. The molecule has 21 heavy (non-hydrogen) atoms. The third-order valence-corrected chi connectivity index (χ3v) is 3.98. The Morgan fingerprint density at radius 3 is 3.05 bits per heavy atom. The third-order valence-electron chi connectivity index (χ3n) is 3.21. The Morgan fingerprint density at radius 1 is 1.52 bits per heavy atom. The maximum absolute atomic E-state index is 12.3. The summed E-state index contributed by atoms with van der Waals surface area (Å²) in [5.41, 5.74) is 1.98. The van der Waals surface area contributed by atoms with E-state index in [0.29, 0.717) is 23.6 Å². The molecule has 0 saturated heterocycles. The largest absolute Gasteiger partial charge is 0.360 e. The van der Waals surface area contributed by atoms with Crippen molar-refractivity contribution >= 4 is 22.2 Å². The zero-order valence-corrected chi connectivity index (χ0v) is 12.9. The fourth-order valence-electron chi connectivity index (χ4n) is 2.18. The average molecular weight is 304 g/mol. The molecule has 0 bridgehead atoms. The molecular weight excluding hydrogens is 288 g/mol. The number of imidazole rings is 1. The Balaban J connectivity index is 1.74. The van der Waals surface area contributed by atoms with Crippen molar-refractivity contribution < 1.29 is 9.32 Å². The molecule has 6 nitrogen and oxygen atoms in total. The molecule has 0 aliphatic carbocycles. The van der Waals surface area contributed by atoms with E-state index in [0.717, 1.165) is 10.7 Å². The van der Waals surface area contributed by atoms with Crippen molar-refractivity contribution in [2.24, 2.45) is 0 Å². The molecule has 0 unspecified atom stereocenters. The number of aromatic nitrogens is 3. The monoisotopic (exact) mass is 304 g/mol. The molecule has 3 aromatic rings. The zero-order valence-electron chi connectivity index (χ0n) is 12.1. The summed E-state index contributed by atoms with van der Waals surface area (Å²) in [5, 5.41) is 8.74. The van der Waals surface area contributed by atoms with Gasteiger partial charge in [-0.3, -0.25) is 9.20 Å². The minimum absolute atomic E-state index is 0.116. The van der Waals surface area contributed by atoms with Gasteiger partial charge in [0.25, 0.3) is 5.91 Å². The van der Waals surface area contributed by atoms with Gasteiger partial charge in [0.05, 0.1) is 17.9 Å². The van der Waals surface area contributed by atoms with Crippen LogP contribution in [0.3, 0.4) is 0 Å². The predicted octanol–water partition coefficient (Wildman–Crippen LogP) is 2.75. The molecule has 7 heteroatoms. The summed E-state index contributed by atoms with van der Waals surface area (Å²) in [6.45, 7) is 6.10. The molecule has 3 heterocycles. The highest BCUT2D eigenvalue weighted by molar-refractivity contribution is 7.15. The highest BCUT2D eigenvalue weighted by atomic mass is 32.1. The van der Waals surface area contributed by atoms with Crippen LogP contribution in [-0.4, -0.2) is 20.4 Å². The van der Waals surface area contributed by atoms with Gasteiger partial charge in [-0.1, -0.05) is 19.0 Å². The van der Waals surface area contributed by atoms with E-state index in [1.54, 1.807) is 18.3 Å². The first-order valence-corrected chi connectivity index (χ1v) is 7.59. The van der Waals surface area contributed by atoms with Gasteiger partial charge in [0.15, 0.2) is 10.7 Å². The Labute approximate surface area is 125 Å². The van der Waals surface area contributed by atoms with Gasteiger partial charge in [0.1, 0.15) is 5.56 Å². The molecule has 0 spiro atoms. The quantitative estimate of drug-likeness (QED) is 0.804. The number of thiazole rings is 1. The minimum Gasteiger partial charge on any atom is -0.360 e. The van der Waals surface area contributed by atoms with E-state index >= 15 is 0 Å². The van der Waals surface area contributed by atoms with Crippen LogP contribution in [0.25, 0.3) is 4.96 Å². The second-order valence-electron chi connectivity index (χ2n) is 5.17. The first kappa shape index (κ1) is 13.8. The fraction of sp³-hybridized carbons (Fsp3) is 0.357. The van der Waals surface area contributed by atoms with Crippen LogP contribution in [0.2, 0.25) is 0 Å². The molecule has 0 aliphatic heterocycles. The van der Waals surface area contributed by atoms with E-state index in [4.69, 9.17) is 4.52 Å². The molecule has 0 saturated carbocycles. The molecule has 0 radical (unpaired) electrons. The molecule has 3 rings (SSSR count). The number of rotatable bonds is 4. The summed E-state index contributed by atoms with van der Waals surface area (Å²) in [7, 11) is 0. The molecule has 110 valence electrons. The van der Waals surface area contributed by atoms with Gasteiger partial charge in [0, 0.05) is 23.7 Å². The molecule has 0 atom stereocenters. The van der Waals surface area contributed by atoms with E-state index in [1.807, 2.05) is 36.0 Å². The van der Waals surface area contributed by atoms with Crippen LogP contribution < -0.4 is 5.32 Å². The van der Waals surface area contributed by atoms with Crippen molar-refractivity contribution in [2.75, 3.05) is 0 Å². The highest BCUT2D eigenvalue weighted by Gasteiger charge is 2.22. The first-order valence-electron chi connectivity index (χ1n) is 6.71. The van der Waals surface area contributed by atoms with Crippen LogP contribution in [0, 0.1) is 6.92 Å². The number of hydrogen-bond acceptors (Lipinski definition) is 5. The summed E-state index contributed by atoms with van der Waals surface area (Å²) in [6, 6.07) is 0. The number of carbonyl (C=O) groups is 1. The van der Waals surface area contributed by atoms with Crippen molar-refractivity contribution in [3.05, 3.63) is 40.5 Å². The van der Waals surface area contributed by atoms with Gasteiger partial charge in [-0.15, -0.1) is 11.3 Å². The number of aryl methyl sites for hydroxylation is 1. The Bertz CT molecular complexity index is 755. The van der Waals surface area contributed by atoms with Crippen molar-refractivity contribution in [2.45, 2.75) is 33.2 Å². The van der Waals surface area contributed by atoms with Crippen LogP contribution in [0.5, 0.6) is 0 Å². The van der Waals surface area contributed by atoms with Crippen molar-refractivity contribution in [3.63, 3.8) is 0 Å². The highest BCUT2D eigenvalue weighted by Crippen LogP contribution is 2.22. The zero-order chi connectivity index (χ0) is 15.0. The van der Waals surface area contributed by atoms with Crippen molar-refractivity contribution in [1.82, 2.24) is 19.9 Å². The lowest BCUT2D eigenvalue weighted by Crippen LogP contribution is -2.24. The second kappa shape index (κ2) is 5.33. The van der Waals surface area contributed by atoms with E-state index in [9.17, 15) is 4.79 Å². The summed E-state index contributed by atoms with van der Waals surface area (Å²) >= 11 is 1.56. The number of carbonyl (C=O) groups excluding carboxylic acids is 1. The summed E-state index contributed by atoms with van der Waals surface area (Å²) in [4.78, 5) is 17.7. The number of nitrogens with one attached hydrogen (secondary N) is 1. The summed E-state index contributed by atoms with van der Waals surface area (Å²) < 4.78 is 7.18. The predicted molar refractivity (Wildman–Crippen MR) is 79.6 cm³/mol. The fourth-order valence-corrected chi connectivity index (χ4v) is 2.90. The Kier molecular flexibility index (Phi) is 3.50. The van der Waals surface area contributed by atoms with Crippen LogP contribution in [0.15, 0.2) is 22.3 Å². The van der Waals surface area contributed by atoms with Gasteiger partial charge < -0.3 is 9.84 Å². The molecule has 3 aromatic heterocycles. The van der Waals surface area contributed by atoms with Crippen molar-refractivity contribution in [3.8, 4) is 0 Å². The summed E-state index contributed by atoms with van der Waals surface area (Å²) in [6.07, 6.45) is 3.86. The molecule has 0 aromatic carbocycles. The smallest absolute Gasteiger partial charge is 0.257 e. The summed E-state index contributed by atoms with van der Waals surface area (Å²) in [5.74, 6) is 0.564. The van der Waals surface area contributed by atoms with Crippen LogP contribution in [-0.2, 0) is 6.54 Å². The number of hydrogen-bond donors (Lipinski definition) is 1. The Hall–Kier alpha value is -2.15.